The highest BCUT2D eigenvalue weighted by molar-refractivity contribution is 7.80. The molecule has 1 aromatic heterocycles. The molecule has 1 atom stereocenters. The van der Waals surface area contributed by atoms with Gasteiger partial charge in [-0.2, -0.15) is 18.3 Å². The van der Waals surface area contributed by atoms with Gasteiger partial charge in [0.05, 0.1) is 17.7 Å². The fourth-order valence-corrected chi connectivity index (χ4v) is 5.07. The van der Waals surface area contributed by atoms with Crippen molar-refractivity contribution in [2.45, 2.75) is 38.4 Å². The number of nitrogens with zero attached hydrogens (tertiary/aromatic N) is 5. The molecule has 0 radical (unpaired) electrons. The average molecular weight is 501 g/mol. The smallest absolute Gasteiger partial charge is 0.340 e. The van der Waals surface area contributed by atoms with Crippen LogP contribution in [0.2, 0.25) is 0 Å². The molecule has 1 N–H and O–H groups in total. The zero-order chi connectivity index (χ0) is 25.1. The molecule has 1 saturated heterocycles. The number of thiocarbonyl (C=S) groups is 1. The van der Waals surface area contributed by atoms with Crippen LogP contribution < -0.4 is 10.2 Å². The van der Waals surface area contributed by atoms with E-state index in [-0.39, 0.29) is 11.8 Å². The monoisotopic (exact) mass is 500 g/mol. The highest BCUT2D eigenvalue weighted by Gasteiger charge is 2.50. The molecule has 0 aliphatic carbocycles. The second kappa shape index (κ2) is 8.23. The fraction of sp³-hybridized carbons (Fsp3) is 0.360. The summed E-state index contributed by atoms with van der Waals surface area (Å²) in [6, 6.07) is 14.9. The molecule has 6 nitrogen and oxygen atoms in total. The van der Waals surface area contributed by atoms with Gasteiger partial charge in [0.25, 0.3) is 0 Å². The second-order valence-electron chi connectivity index (χ2n) is 9.70. The van der Waals surface area contributed by atoms with E-state index in [1.807, 2.05) is 37.4 Å². The molecular weight excluding hydrogens is 473 g/mol. The Morgan fingerprint density at radius 2 is 1.71 bits per heavy atom. The molecule has 2 aromatic carbocycles. The lowest BCUT2D eigenvalue weighted by Crippen LogP contribution is -2.56. The number of likely N-dealkylation sites (N-methyl/N-ethyl adjacent to an activating group) is 1. The van der Waals surface area contributed by atoms with Crippen LogP contribution in [0.4, 0.5) is 30.5 Å². The molecule has 3 heterocycles. The summed E-state index contributed by atoms with van der Waals surface area (Å²) in [6.45, 7) is 5.43. The Morgan fingerprint density at radius 3 is 2.34 bits per heavy atom. The Labute approximate surface area is 207 Å². The first-order chi connectivity index (χ1) is 16.5. The second-order valence-corrected chi connectivity index (χ2v) is 10.1. The quantitative estimate of drug-likeness (QED) is 0.501. The maximum absolute atomic E-state index is 13.1. The molecule has 3 aromatic rings. The van der Waals surface area contributed by atoms with Crippen LogP contribution in [0.25, 0.3) is 0 Å². The van der Waals surface area contributed by atoms with Gasteiger partial charge >= 0.3 is 6.18 Å². The molecule has 10 heteroatoms. The van der Waals surface area contributed by atoms with E-state index in [1.165, 1.54) is 12.1 Å². The normalized spacial score (nSPS) is 19.6. The number of fused-ring (bicyclic) bond motifs is 3. The van der Waals surface area contributed by atoms with Crippen molar-refractivity contribution >= 4 is 34.5 Å². The molecule has 0 amide bonds. The molecule has 0 bridgehead atoms. The summed E-state index contributed by atoms with van der Waals surface area (Å²) in [7, 11) is 4.07. The number of hydrogen-bond acceptors (Lipinski definition) is 5. The molecule has 0 spiro atoms. The van der Waals surface area contributed by atoms with E-state index in [0.717, 1.165) is 35.7 Å². The lowest BCUT2D eigenvalue weighted by atomic mass is 10.1. The Bertz CT molecular complexity index is 1250. The fourth-order valence-electron chi connectivity index (χ4n) is 4.79. The molecule has 35 heavy (non-hydrogen) atoms. The summed E-state index contributed by atoms with van der Waals surface area (Å²) in [6.07, 6.45) is -4.44. The predicted molar refractivity (Wildman–Crippen MR) is 135 cm³/mol. The lowest BCUT2D eigenvalue weighted by molar-refractivity contribution is -0.137. The van der Waals surface area contributed by atoms with E-state index < -0.39 is 11.7 Å². The number of hydrogen-bond donors (Lipinski definition) is 1. The summed E-state index contributed by atoms with van der Waals surface area (Å²) in [5.74, 6) is 1.50. The van der Waals surface area contributed by atoms with Gasteiger partial charge in [-0.3, -0.25) is 4.90 Å². The summed E-state index contributed by atoms with van der Waals surface area (Å²) in [4.78, 5) is 7.27. The Hall–Kier alpha value is -3.11. The average Bonchev–Trinajstić information content (AvgIpc) is 3.27. The van der Waals surface area contributed by atoms with Crippen molar-refractivity contribution < 1.29 is 13.2 Å². The van der Waals surface area contributed by atoms with Gasteiger partial charge in [-0.1, -0.05) is 42.5 Å². The zero-order valence-electron chi connectivity index (χ0n) is 20.0. The van der Waals surface area contributed by atoms with Crippen molar-refractivity contribution in [2.75, 3.05) is 30.9 Å². The van der Waals surface area contributed by atoms with Gasteiger partial charge in [-0.25, -0.2) is 4.68 Å². The zero-order valence-corrected chi connectivity index (χ0v) is 20.8. The van der Waals surface area contributed by atoms with Crippen LogP contribution in [0, 0.1) is 0 Å². The first kappa shape index (κ1) is 23.6. The number of nitrogens with one attached hydrogen (secondary N) is 1. The maximum atomic E-state index is 13.1. The highest BCUT2D eigenvalue weighted by Crippen LogP contribution is 2.42. The third-order valence-corrected chi connectivity index (χ3v) is 7.37. The largest absolute Gasteiger partial charge is 0.416 e. The van der Waals surface area contributed by atoms with Crippen LogP contribution in [0.15, 0.2) is 54.6 Å². The van der Waals surface area contributed by atoms with E-state index in [1.54, 1.807) is 4.68 Å². The Morgan fingerprint density at radius 1 is 1.06 bits per heavy atom. The molecule has 5 rings (SSSR count). The summed E-state index contributed by atoms with van der Waals surface area (Å²) in [5, 5.41) is 8.42. The van der Waals surface area contributed by atoms with Crippen LogP contribution in [0.1, 0.15) is 30.5 Å². The van der Waals surface area contributed by atoms with Crippen LogP contribution in [-0.2, 0) is 12.7 Å². The molecule has 1 unspecified atom stereocenters. The maximum Gasteiger partial charge on any atom is 0.416 e. The van der Waals surface area contributed by atoms with Gasteiger partial charge in [-0.15, -0.1) is 0 Å². The highest BCUT2D eigenvalue weighted by atomic mass is 32.1. The Balaban J connectivity index is 1.60. The van der Waals surface area contributed by atoms with E-state index >= 15 is 0 Å². The third kappa shape index (κ3) is 4.04. The molecule has 2 aliphatic rings. The summed E-state index contributed by atoms with van der Waals surface area (Å²) < 4.78 is 41.0. The lowest BCUT2D eigenvalue weighted by Gasteiger charge is -2.42. The van der Waals surface area contributed by atoms with Gasteiger partial charge in [0.2, 0.25) is 0 Å². The number of aromatic nitrogens is 2. The van der Waals surface area contributed by atoms with Crippen molar-refractivity contribution in [3.63, 3.8) is 0 Å². The van der Waals surface area contributed by atoms with E-state index in [2.05, 4.69) is 40.9 Å². The SMILES string of the molecule is CN1C(=S)c2c(nn(Cc3ccc(C(F)(F)F)cc3)c2Nc2ccccc2)N2CC(C)(C)N(C)C12. The molecule has 0 saturated carbocycles. The molecule has 2 aliphatic heterocycles. The van der Waals surface area contributed by atoms with Gasteiger partial charge in [0.15, 0.2) is 12.1 Å². The van der Waals surface area contributed by atoms with Crippen molar-refractivity contribution in [3.05, 3.63) is 71.3 Å². The van der Waals surface area contributed by atoms with Crippen LogP contribution in [-0.4, -0.2) is 57.0 Å². The number of alkyl halides is 3. The minimum atomic E-state index is -4.37. The van der Waals surface area contributed by atoms with Crippen LogP contribution >= 0.6 is 12.2 Å². The van der Waals surface area contributed by atoms with Crippen molar-refractivity contribution in [3.8, 4) is 0 Å². The minimum absolute atomic E-state index is 0.0657. The first-order valence-electron chi connectivity index (χ1n) is 11.3. The predicted octanol–water partition coefficient (Wildman–Crippen LogP) is 5.13. The number of rotatable bonds is 4. The first-order valence-corrected chi connectivity index (χ1v) is 11.7. The number of benzene rings is 2. The van der Waals surface area contributed by atoms with Gasteiger partial charge < -0.3 is 15.1 Å². The molecule has 184 valence electrons. The topological polar surface area (TPSA) is 39.6 Å². The summed E-state index contributed by atoms with van der Waals surface area (Å²) >= 11 is 5.93. The minimum Gasteiger partial charge on any atom is -0.340 e. The van der Waals surface area contributed by atoms with Crippen molar-refractivity contribution in [2.24, 2.45) is 0 Å². The Kier molecular flexibility index (Phi) is 5.56. The van der Waals surface area contributed by atoms with Gasteiger partial charge in [-0.05, 0) is 50.7 Å². The molecular formula is C25H27F3N6S. The van der Waals surface area contributed by atoms with Crippen LogP contribution in [0.3, 0.4) is 0 Å². The van der Waals surface area contributed by atoms with Gasteiger partial charge in [0.1, 0.15) is 10.8 Å². The van der Waals surface area contributed by atoms with Crippen LogP contribution in [0.5, 0.6) is 0 Å². The van der Waals surface area contributed by atoms with E-state index in [0.29, 0.717) is 22.9 Å². The standard InChI is InChI=1S/C25H27F3N6S/c1-24(2)15-33-21-19(22(35)31(3)23(33)32(24)4)20(29-18-8-6-5-7-9-18)34(30-21)14-16-10-12-17(13-11-16)25(26,27)28/h5-13,23,29H,14-15H2,1-4H3. The summed E-state index contributed by atoms with van der Waals surface area (Å²) in [5.41, 5.74) is 1.64. The van der Waals surface area contributed by atoms with Crippen molar-refractivity contribution in [1.82, 2.24) is 19.6 Å². The number of anilines is 3. The van der Waals surface area contributed by atoms with E-state index in [9.17, 15) is 13.2 Å². The number of halogens is 3. The number of para-hydroxylation sites is 1. The molecule has 1 fully saturated rings. The van der Waals surface area contributed by atoms with Gasteiger partial charge in [0, 0.05) is 24.8 Å². The van der Waals surface area contributed by atoms with Crippen molar-refractivity contribution in [1.29, 1.82) is 0 Å². The van der Waals surface area contributed by atoms with E-state index in [4.69, 9.17) is 17.3 Å². The third-order valence-electron chi connectivity index (χ3n) is 6.87.